The molecule has 3 aromatic rings. The first-order valence-electron chi connectivity index (χ1n) is 8.40. The lowest BCUT2D eigenvalue weighted by atomic mass is 10.2. The van der Waals surface area contributed by atoms with Crippen molar-refractivity contribution in [2.24, 2.45) is 0 Å². The van der Waals surface area contributed by atoms with E-state index >= 15 is 0 Å². The second kappa shape index (κ2) is 7.83. The molecule has 144 valence electrons. The lowest BCUT2D eigenvalue weighted by Crippen LogP contribution is -2.38. The largest absolute Gasteiger partial charge is 0.493 e. The maximum Gasteiger partial charge on any atom is 0.333 e. The molecular formula is C20H19N3O5. The molecule has 2 aromatic carbocycles. The van der Waals surface area contributed by atoms with Crippen molar-refractivity contribution in [3.05, 3.63) is 80.6 Å². The molecule has 3 rings (SSSR count). The summed E-state index contributed by atoms with van der Waals surface area (Å²) in [7, 11) is 2.92. The number of aryl methyl sites for hydroxylation is 1. The third-order valence-electron chi connectivity index (χ3n) is 4.24. The molecule has 0 saturated carbocycles. The fourth-order valence-corrected chi connectivity index (χ4v) is 2.74. The summed E-state index contributed by atoms with van der Waals surface area (Å²) in [5, 5.41) is 2.69. The Hall–Kier alpha value is -3.81. The Morgan fingerprint density at radius 2 is 1.75 bits per heavy atom. The van der Waals surface area contributed by atoms with Gasteiger partial charge >= 0.3 is 5.69 Å². The van der Waals surface area contributed by atoms with E-state index in [0.717, 1.165) is 16.3 Å². The molecule has 0 unspecified atom stereocenters. The number of para-hydroxylation sites is 1. The Kier molecular flexibility index (Phi) is 5.30. The van der Waals surface area contributed by atoms with E-state index in [0.29, 0.717) is 17.2 Å². The van der Waals surface area contributed by atoms with Crippen molar-refractivity contribution in [3.8, 4) is 17.2 Å². The summed E-state index contributed by atoms with van der Waals surface area (Å²) in [5.41, 5.74) is 0.0510. The highest BCUT2D eigenvalue weighted by molar-refractivity contribution is 6.04. The van der Waals surface area contributed by atoms with E-state index in [-0.39, 0.29) is 11.3 Å². The van der Waals surface area contributed by atoms with Crippen LogP contribution < -0.4 is 26.0 Å². The molecule has 2 N–H and O–H groups in total. The molecule has 0 saturated heterocycles. The highest BCUT2D eigenvalue weighted by atomic mass is 16.5. The van der Waals surface area contributed by atoms with Gasteiger partial charge in [-0.1, -0.05) is 18.2 Å². The van der Waals surface area contributed by atoms with Gasteiger partial charge in [0.25, 0.3) is 11.5 Å². The Morgan fingerprint density at radius 1 is 1.04 bits per heavy atom. The quantitative estimate of drug-likeness (QED) is 0.705. The van der Waals surface area contributed by atoms with Crippen molar-refractivity contribution in [2.45, 2.75) is 6.92 Å². The zero-order valence-corrected chi connectivity index (χ0v) is 15.6. The Morgan fingerprint density at radius 3 is 2.43 bits per heavy atom. The minimum atomic E-state index is -0.748. The number of H-pyrrole nitrogens is 1. The molecule has 1 heterocycles. The maximum atomic E-state index is 12.9. The van der Waals surface area contributed by atoms with Gasteiger partial charge in [-0.15, -0.1) is 0 Å². The molecule has 8 nitrogen and oxygen atoms in total. The minimum absolute atomic E-state index is 0.197. The number of nitrogens with zero attached hydrogens (tertiary/aromatic N) is 1. The van der Waals surface area contributed by atoms with Crippen LogP contribution in [0.2, 0.25) is 0 Å². The van der Waals surface area contributed by atoms with Crippen molar-refractivity contribution in [2.75, 3.05) is 19.5 Å². The van der Waals surface area contributed by atoms with Crippen LogP contribution in [0.5, 0.6) is 11.5 Å². The summed E-state index contributed by atoms with van der Waals surface area (Å²) in [4.78, 5) is 40.2. The first kappa shape index (κ1) is 19.0. The SMILES string of the molecule is COc1ccc(-n2c(=O)[nH]cc(C(=O)Nc3ccccc3C)c2=O)cc1OC. The van der Waals surface area contributed by atoms with E-state index < -0.39 is 17.2 Å². The van der Waals surface area contributed by atoms with Gasteiger partial charge in [-0.25, -0.2) is 9.36 Å². The summed E-state index contributed by atoms with van der Waals surface area (Å²) in [6, 6.07) is 11.8. The highest BCUT2D eigenvalue weighted by Gasteiger charge is 2.17. The van der Waals surface area contributed by atoms with Crippen molar-refractivity contribution in [1.82, 2.24) is 9.55 Å². The summed E-state index contributed by atoms with van der Waals surface area (Å²) < 4.78 is 11.3. The number of benzene rings is 2. The molecule has 8 heteroatoms. The second-order valence-electron chi connectivity index (χ2n) is 5.96. The fourth-order valence-electron chi connectivity index (χ4n) is 2.74. The van der Waals surface area contributed by atoms with E-state index in [9.17, 15) is 14.4 Å². The topological polar surface area (TPSA) is 102 Å². The van der Waals surface area contributed by atoms with Crippen LogP contribution in [0.15, 0.2) is 58.3 Å². The van der Waals surface area contributed by atoms with Crippen molar-refractivity contribution >= 4 is 11.6 Å². The summed E-state index contributed by atoms with van der Waals surface area (Å²) in [6.07, 6.45) is 1.11. The van der Waals surface area contributed by atoms with Crippen LogP contribution in [0.25, 0.3) is 5.69 Å². The van der Waals surface area contributed by atoms with Gasteiger partial charge in [0.15, 0.2) is 11.5 Å². The third kappa shape index (κ3) is 3.52. The molecule has 0 aliphatic heterocycles. The monoisotopic (exact) mass is 381 g/mol. The van der Waals surface area contributed by atoms with Gasteiger partial charge in [-0.05, 0) is 30.7 Å². The van der Waals surface area contributed by atoms with E-state index in [1.54, 1.807) is 18.2 Å². The molecule has 0 atom stereocenters. The molecule has 0 aliphatic carbocycles. The number of carbonyl (C=O) groups excluding carboxylic acids is 1. The molecule has 1 amide bonds. The number of aromatic nitrogens is 2. The molecule has 0 fully saturated rings. The number of amides is 1. The zero-order chi connectivity index (χ0) is 20.3. The number of anilines is 1. The van der Waals surface area contributed by atoms with Crippen LogP contribution in [0.1, 0.15) is 15.9 Å². The van der Waals surface area contributed by atoms with Crippen LogP contribution >= 0.6 is 0 Å². The second-order valence-corrected chi connectivity index (χ2v) is 5.96. The molecule has 0 radical (unpaired) electrons. The van der Waals surface area contributed by atoms with Crippen molar-refractivity contribution in [3.63, 3.8) is 0 Å². The standard InChI is InChI=1S/C20H19N3O5/c1-12-6-4-5-7-15(12)22-18(24)14-11-21-20(26)23(19(14)25)13-8-9-16(27-2)17(10-13)28-3/h4-11H,1-3H3,(H,21,26)(H,22,24). The molecule has 1 aromatic heterocycles. The minimum Gasteiger partial charge on any atom is -0.493 e. The Labute approximate surface area is 160 Å². The number of nitrogens with one attached hydrogen (secondary N) is 2. The number of aromatic amines is 1. The predicted molar refractivity (Wildman–Crippen MR) is 105 cm³/mol. The van der Waals surface area contributed by atoms with Crippen molar-refractivity contribution < 1.29 is 14.3 Å². The molecular weight excluding hydrogens is 362 g/mol. The van der Waals surface area contributed by atoms with Gasteiger partial charge in [0, 0.05) is 18.0 Å². The van der Waals surface area contributed by atoms with Gasteiger partial charge in [-0.3, -0.25) is 9.59 Å². The first-order chi connectivity index (χ1) is 13.5. The highest BCUT2D eigenvalue weighted by Crippen LogP contribution is 2.28. The van der Waals surface area contributed by atoms with Crippen LogP contribution in [0.4, 0.5) is 5.69 Å². The van der Waals surface area contributed by atoms with Gasteiger partial charge in [-0.2, -0.15) is 0 Å². The Balaban J connectivity index is 2.06. The summed E-state index contributed by atoms with van der Waals surface area (Å²) in [6.45, 7) is 1.84. The lowest BCUT2D eigenvalue weighted by Gasteiger charge is -2.12. The lowest BCUT2D eigenvalue weighted by molar-refractivity contribution is 0.102. The van der Waals surface area contributed by atoms with Gasteiger partial charge in [0.1, 0.15) is 5.56 Å². The Bertz CT molecular complexity index is 1150. The third-order valence-corrected chi connectivity index (χ3v) is 4.24. The number of rotatable bonds is 5. The van der Waals surface area contributed by atoms with Gasteiger partial charge < -0.3 is 19.8 Å². The van der Waals surface area contributed by atoms with Crippen molar-refractivity contribution in [1.29, 1.82) is 0 Å². The number of methoxy groups -OCH3 is 2. The van der Waals surface area contributed by atoms with E-state index in [2.05, 4.69) is 10.3 Å². The van der Waals surface area contributed by atoms with Crippen LogP contribution in [-0.4, -0.2) is 29.7 Å². The van der Waals surface area contributed by atoms with Crippen LogP contribution in [0.3, 0.4) is 0 Å². The zero-order valence-electron chi connectivity index (χ0n) is 15.6. The molecule has 0 aliphatic rings. The molecule has 28 heavy (non-hydrogen) atoms. The summed E-state index contributed by atoms with van der Waals surface area (Å²) >= 11 is 0. The molecule has 0 bridgehead atoms. The predicted octanol–water partition coefficient (Wildman–Crippen LogP) is 2.10. The average molecular weight is 381 g/mol. The smallest absolute Gasteiger partial charge is 0.333 e. The van der Waals surface area contributed by atoms with Gasteiger partial charge in [0.05, 0.1) is 19.9 Å². The van der Waals surface area contributed by atoms with Crippen LogP contribution in [0, 0.1) is 6.92 Å². The van der Waals surface area contributed by atoms with Crippen LogP contribution in [-0.2, 0) is 0 Å². The average Bonchev–Trinajstić information content (AvgIpc) is 2.69. The first-order valence-corrected chi connectivity index (χ1v) is 8.40. The van der Waals surface area contributed by atoms with E-state index in [1.165, 1.54) is 26.4 Å². The fraction of sp³-hybridized carbons (Fsp3) is 0.150. The van der Waals surface area contributed by atoms with E-state index in [4.69, 9.17) is 9.47 Å². The summed E-state index contributed by atoms with van der Waals surface area (Å²) in [5.74, 6) is 0.176. The number of carbonyl (C=O) groups is 1. The normalized spacial score (nSPS) is 10.4. The van der Waals surface area contributed by atoms with Gasteiger partial charge in [0.2, 0.25) is 0 Å². The number of hydrogen-bond donors (Lipinski definition) is 2. The maximum absolute atomic E-state index is 12.9. The number of hydrogen-bond acceptors (Lipinski definition) is 5. The van der Waals surface area contributed by atoms with E-state index in [1.807, 2.05) is 19.1 Å². The number of ether oxygens (including phenoxy) is 2. The molecule has 0 spiro atoms.